The van der Waals surface area contributed by atoms with Gasteiger partial charge in [-0.25, -0.2) is 4.79 Å². The van der Waals surface area contributed by atoms with Crippen molar-refractivity contribution in [1.82, 2.24) is 0 Å². The van der Waals surface area contributed by atoms with Crippen LogP contribution < -0.4 is 0 Å². The molecule has 0 radical (unpaired) electrons. The van der Waals surface area contributed by atoms with Crippen LogP contribution >= 0.6 is 11.6 Å². The van der Waals surface area contributed by atoms with Crippen molar-refractivity contribution in [3.8, 4) is 0 Å². The summed E-state index contributed by atoms with van der Waals surface area (Å²) in [4.78, 5) is 22.7. The summed E-state index contributed by atoms with van der Waals surface area (Å²) < 4.78 is 9.14. The molecule has 0 atom stereocenters. The first-order valence-corrected chi connectivity index (χ1v) is 6.22. The van der Waals surface area contributed by atoms with E-state index in [0.717, 1.165) is 5.56 Å². The first-order valence-electron chi connectivity index (χ1n) is 5.84. The maximum absolute atomic E-state index is 11.5. The van der Waals surface area contributed by atoms with E-state index in [1.807, 2.05) is 12.1 Å². The molecule has 0 aliphatic carbocycles. The maximum atomic E-state index is 11.5. The molecule has 1 aromatic carbocycles. The van der Waals surface area contributed by atoms with E-state index in [4.69, 9.17) is 11.6 Å². The standard InChI is InChI=1S/C15H15ClO4/c1-19-14(17)10-12(15(18)20-2)5-3-4-11-6-8-13(16)9-7-11/h3-9H,10H2,1-2H3/b4-3+,12-5+. The number of benzene rings is 1. The molecule has 0 N–H and O–H groups in total. The molecule has 0 aromatic heterocycles. The Morgan fingerprint density at radius 1 is 1.15 bits per heavy atom. The topological polar surface area (TPSA) is 52.6 Å². The third-order valence-corrected chi connectivity index (χ3v) is 2.72. The average Bonchev–Trinajstić information content (AvgIpc) is 2.47. The highest BCUT2D eigenvalue weighted by Crippen LogP contribution is 2.11. The lowest BCUT2D eigenvalue weighted by Gasteiger charge is -2.02. The Balaban J connectivity index is 2.82. The molecule has 0 saturated carbocycles. The van der Waals surface area contributed by atoms with Crippen LogP contribution in [0.25, 0.3) is 6.08 Å². The largest absolute Gasteiger partial charge is 0.469 e. The first kappa shape index (κ1) is 16.0. The zero-order chi connectivity index (χ0) is 15.0. The summed E-state index contributed by atoms with van der Waals surface area (Å²) in [7, 11) is 2.52. The molecule has 0 saturated heterocycles. The Bertz CT molecular complexity index is 529. The van der Waals surface area contributed by atoms with Gasteiger partial charge in [0, 0.05) is 10.6 Å². The number of carbonyl (C=O) groups excluding carboxylic acids is 2. The summed E-state index contributed by atoms with van der Waals surface area (Å²) in [5.41, 5.74) is 1.15. The van der Waals surface area contributed by atoms with Gasteiger partial charge in [0.2, 0.25) is 0 Å². The third-order valence-electron chi connectivity index (χ3n) is 2.47. The monoisotopic (exact) mass is 294 g/mol. The Hall–Kier alpha value is -2.07. The lowest BCUT2D eigenvalue weighted by atomic mass is 10.1. The number of esters is 2. The van der Waals surface area contributed by atoms with E-state index in [9.17, 15) is 9.59 Å². The molecule has 0 aliphatic rings. The summed E-state index contributed by atoms with van der Waals surface area (Å²) in [6.45, 7) is 0. The molecule has 0 spiro atoms. The highest BCUT2D eigenvalue weighted by Gasteiger charge is 2.13. The van der Waals surface area contributed by atoms with E-state index in [2.05, 4.69) is 9.47 Å². The van der Waals surface area contributed by atoms with Crippen LogP contribution in [0.2, 0.25) is 5.02 Å². The number of halogens is 1. The molecule has 1 aromatic rings. The van der Waals surface area contributed by atoms with E-state index in [1.54, 1.807) is 24.3 Å². The van der Waals surface area contributed by atoms with Crippen molar-refractivity contribution in [1.29, 1.82) is 0 Å². The molecular weight excluding hydrogens is 280 g/mol. The summed E-state index contributed by atoms with van der Waals surface area (Å²) in [5, 5.41) is 0.652. The van der Waals surface area contributed by atoms with Gasteiger partial charge in [-0.3, -0.25) is 4.79 Å². The van der Waals surface area contributed by atoms with Gasteiger partial charge in [-0.1, -0.05) is 42.0 Å². The van der Waals surface area contributed by atoms with Gasteiger partial charge in [0.1, 0.15) is 0 Å². The van der Waals surface area contributed by atoms with Crippen LogP contribution in [0.4, 0.5) is 0 Å². The van der Waals surface area contributed by atoms with Gasteiger partial charge in [0.05, 0.1) is 20.6 Å². The molecule has 0 heterocycles. The molecule has 0 bridgehead atoms. The maximum Gasteiger partial charge on any atom is 0.334 e. The summed E-state index contributed by atoms with van der Waals surface area (Å²) in [6.07, 6.45) is 4.85. The first-order chi connectivity index (χ1) is 9.56. The fourth-order valence-corrected chi connectivity index (χ4v) is 1.53. The van der Waals surface area contributed by atoms with Gasteiger partial charge >= 0.3 is 11.9 Å². The second-order valence-corrected chi connectivity index (χ2v) is 4.28. The van der Waals surface area contributed by atoms with Crippen molar-refractivity contribution in [3.05, 3.63) is 52.6 Å². The van der Waals surface area contributed by atoms with E-state index >= 15 is 0 Å². The number of ether oxygens (including phenoxy) is 2. The van der Waals surface area contributed by atoms with Crippen molar-refractivity contribution >= 4 is 29.6 Å². The van der Waals surface area contributed by atoms with Gasteiger partial charge in [-0.15, -0.1) is 0 Å². The number of allylic oxidation sites excluding steroid dienone is 2. The van der Waals surface area contributed by atoms with Crippen molar-refractivity contribution in [2.75, 3.05) is 14.2 Å². The zero-order valence-electron chi connectivity index (χ0n) is 11.3. The second kappa shape index (κ2) is 8.17. The SMILES string of the molecule is COC(=O)C/C(=C\C=C\c1ccc(Cl)cc1)C(=O)OC. The van der Waals surface area contributed by atoms with Crippen LogP contribution in [0.1, 0.15) is 12.0 Å². The number of methoxy groups -OCH3 is 2. The summed E-state index contributed by atoms with van der Waals surface area (Å²) in [6, 6.07) is 7.21. The molecule has 0 amide bonds. The van der Waals surface area contributed by atoms with Crippen molar-refractivity contribution in [2.24, 2.45) is 0 Å². The van der Waals surface area contributed by atoms with E-state index in [-0.39, 0.29) is 12.0 Å². The fraction of sp³-hybridized carbons (Fsp3) is 0.200. The quantitative estimate of drug-likeness (QED) is 0.476. The molecule has 5 heteroatoms. The van der Waals surface area contributed by atoms with Crippen LogP contribution in [0.3, 0.4) is 0 Å². The van der Waals surface area contributed by atoms with Crippen LogP contribution in [0.5, 0.6) is 0 Å². The Kier molecular flexibility index (Phi) is 6.53. The molecule has 106 valence electrons. The predicted octanol–water partition coefficient (Wildman–Crippen LogP) is 3.02. The average molecular weight is 295 g/mol. The van der Waals surface area contributed by atoms with Crippen molar-refractivity contribution in [2.45, 2.75) is 6.42 Å². The minimum atomic E-state index is -0.559. The minimum absolute atomic E-state index is 0.131. The minimum Gasteiger partial charge on any atom is -0.469 e. The summed E-state index contributed by atoms with van der Waals surface area (Å²) in [5.74, 6) is -1.06. The molecule has 1 rings (SSSR count). The van der Waals surface area contributed by atoms with Gasteiger partial charge in [0.15, 0.2) is 0 Å². The van der Waals surface area contributed by atoms with Crippen LogP contribution in [-0.4, -0.2) is 26.2 Å². The van der Waals surface area contributed by atoms with Gasteiger partial charge in [-0.2, -0.15) is 0 Å². The van der Waals surface area contributed by atoms with E-state index in [1.165, 1.54) is 20.3 Å². The molecule has 0 unspecified atom stereocenters. The highest BCUT2D eigenvalue weighted by atomic mass is 35.5. The van der Waals surface area contributed by atoms with Crippen LogP contribution in [0, 0.1) is 0 Å². The summed E-state index contributed by atoms with van der Waals surface area (Å²) >= 11 is 5.78. The molecule has 0 fully saturated rings. The second-order valence-electron chi connectivity index (χ2n) is 3.85. The smallest absolute Gasteiger partial charge is 0.334 e. The number of hydrogen-bond acceptors (Lipinski definition) is 4. The van der Waals surface area contributed by atoms with Crippen LogP contribution in [0.15, 0.2) is 42.0 Å². The number of carbonyl (C=O) groups is 2. The number of rotatable bonds is 5. The number of hydrogen-bond donors (Lipinski definition) is 0. The molecule has 0 aliphatic heterocycles. The van der Waals surface area contributed by atoms with Gasteiger partial charge < -0.3 is 9.47 Å². The molecule has 20 heavy (non-hydrogen) atoms. The van der Waals surface area contributed by atoms with E-state index in [0.29, 0.717) is 5.02 Å². The van der Waals surface area contributed by atoms with E-state index < -0.39 is 11.9 Å². The fourth-order valence-electron chi connectivity index (χ4n) is 1.41. The third kappa shape index (κ3) is 5.28. The molecule has 4 nitrogen and oxygen atoms in total. The van der Waals surface area contributed by atoms with Gasteiger partial charge in [0.25, 0.3) is 0 Å². The van der Waals surface area contributed by atoms with Crippen molar-refractivity contribution < 1.29 is 19.1 Å². The van der Waals surface area contributed by atoms with Gasteiger partial charge in [-0.05, 0) is 17.7 Å². The zero-order valence-corrected chi connectivity index (χ0v) is 12.0. The Morgan fingerprint density at radius 2 is 1.80 bits per heavy atom. The van der Waals surface area contributed by atoms with Crippen LogP contribution in [-0.2, 0) is 19.1 Å². The Labute approximate surface area is 122 Å². The lowest BCUT2D eigenvalue weighted by Crippen LogP contribution is -2.10. The molecular formula is C15H15ClO4. The highest BCUT2D eigenvalue weighted by molar-refractivity contribution is 6.30. The predicted molar refractivity (Wildman–Crippen MR) is 77.2 cm³/mol. The van der Waals surface area contributed by atoms with Crippen molar-refractivity contribution in [3.63, 3.8) is 0 Å². The normalized spacial score (nSPS) is 11.4. The Morgan fingerprint density at radius 3 is 2.35 bits per heavy atom. The lowest BCUT2D eigenvalue weighted by molar-refractivity contribution is -0.143.